The van der Waals surface area contributed by atoms with E-state index in [1.165, 1.54) is 6.07 Å². The van der Waals surface area contributed by atoms with Crippen molar-refractivity contribution >= 4 is 22.9 Å². The van der Waals surface area contributed by atoms with E-state index in [1.54, 1.807) is 6.92 Å². The molecule has 1 saturated heterocycles. The number of nitrogens with one attached hydrogen (secondary N) is 2. The van der Waals surface area contributed by atoms with Crippen molar-refractivity contribution in [3.8, 4) is 0 Å². The van der Waals surface area contributed by atoms with Gasteiger partial charge in [-0.05, 0) is 26.3 Å². The van der Waals surface area contributed by atoms with Crippen LogP contribution in [0.15, 0.2) is 6.07 Å². The fourth-order valence-corrected chi connectivity index (χ4v) is 2.90. The predicted molar refractivity (Wildman–Crippen MR) is 69.1 cm³/mol. The van der Waals surface area contributed by atoms with Gasteiger partial charge in [-0.15, -0.1) is 11.3 Å². The highest BCUT2D eigenvalue weighted by atomic mass is 32.1. The lowest BCUT2D eigenvalue weighted by atomic mass is 10.2. The molecule has 1 unspecified atom stereocenters. The summed E-state index contributed by atoms with van der Waals surface area (Å²) in [4.78, 5) is 23.0. The normalized spacial score (nSPS) is 18.8. The summed E-state index contributed by atoms with van der Waals surface area (Å²) < 4.78 is 0. The first kappa shape index (κ1) is 13.0. The Balaban J connectivity index is 1.95. The second kappa shape index (κ2) is 5.45. The van der Waals surface area contributed by atoms with Gasteiger partial charge in [0.05, 0.1) is 14.7 Å². The molecule has 98 valence electrons. The van der Waals surface area contributed by atoms with E-state index in [0.29, 0.717) is 22.3 Å². The van der Waals surface area contributed by atoms with Crippen molar-refractivity contribution < 1.29 is 9.72 Å². The minimum atomic E-state index is -0.457. The minimum absolute atomic E-state index is 0.0177. The largest absolute Gasteiger partial charge is 0.350 e. The van der Waals surface area contributed by atoms with Crippen LogP contribution in [0.5, 0.6) is 0 Å². The third-order valence-electron chi connectivity index (χ3n) is 2.98. The fraction of sp³-hybridized carbons (Fsp3) is 0.545. The van der Waals surface area contributed by atoms with E-state index in [1.807, 2.05) is 0 Å². The van der Waals surface area contributed by atoms with E-state index >= 15 is 0 Å². The summed E-state index contributed by atoms with van der Waals surface area (Å²) in [5.41, 5.74) is 0.0177. The monoisotopic (exact) mass is 269 g/mol. The summed E-state index contributed by atoms with van der Waals surface area (Å²) in [5.74, 6) is -0.232. The van der Waals surface area contributed by atoms with E-state index < -0.39 is 4.92 Å². The quantitative estimate of drug-likeness (QED) is 0.640. The Kier molecular flexibility index (Phi) is 3.93. The molecule has 2 rings (SSSR count). The van der Waals surface area contributed by atoms with Crippen molar-refractivity contribution in [2.45, 2.75) is 25.8 Å². The summed E-state index contributed by atoms with van der Waals surface area (Å²) >= 11 is 1.16. The van der Waals surface area contributed by atoms with E-state index in [-0.39, 0.29) is 11.6 Å². The number of aryl methyl sites for hydroxylation is 1. The van der Waals surface area contributed by atoms with Crippen molar-refractivity contribution in [1.29, 1.82) is 0 Å². The van der Waals surface area contributed by atoms with Crippen LogP contribution in [-0.2, 0) is 0 Å². The summed E-state index contributed by atoms with van der Waals surface area (Å²) in [6, 6.07) is 1.67. The topological polar surface area (TPSA) is 84.3 Å². The number of hydrogen-bond donors (Lipinski definition) is 2. The zero-order valence-electron chi connectivity index (χ0n) is 10.1. The Labute approximate surface area is 109 Å². The third-order valence-corrected chi connectivity index (χ3v) is 4.02. The van der Waals surface area contributed by atoms with Gasteiger partial charge in [-0.2, -0.15) is 0 Å². The number of carbonyl (C=O) groups is 1. The molecule has 0 radical (unpaired) electrons. The highest BCUT2D eigenvalue weighted by Crippen LogP contribution is 2.27. The summed E-state index contributed by atoms with van der Waals surface area (Å²) in [7, 11) is 0. The number of rotatable bonds is 4. The maximum Gasteiger partial charge on any atom is 0.283 e. The average molecular weight is 269 g/mol. The van der Waals surface area contributed by atoms with Crippen LogP contribution < -0.4 is 10.6 Å². The molecule has 18 heavy (non-hydrogen) atoms. The molecule has 2 N–H and O–H groups in total. The van der Waals surface area contributed by atoms with Gasteiger partial charge in [0, 0.05) is 18.7 Å². The zero-order valence-corrected chi connectivity index (χ0v) is 10.9. The molecule has 0 aliphatic carbocycles. The van der Waals surface area contributed by atoms with Gasteiger partial charge in [0.1, 0.15) is 0 Å². The Morgan fingerprint density at radius 3 is 3.06 bits per heavy atom. The highest BCUT2D eigenvalue weighted by Gasteiger charge is 2.20. The van der Waals surface area contributed by atoms with Gasteiger partial charge in [0.15, 0.2) is 0 Å². The molecule has 1 aromatic heterocycles. The molecule has 0 saturated carbocycles. The Bertz CT molecular complexity index is 466. The molecule has 1 amide bonds. The predicted octanol–water partition coefficient (Wildman–Crippen LogP) is 1.45. The molecule has 1 atom stereocenters. The van der Waals surface area contributed by atoms with Crippen LogP contribution in [0, 0.1) is 17.0 Å². The average Bonchev–Trinajstić information content (AvgIpc) is 2.94. The van der Waals surface area contributed by atoms with Crippen molar-refractivity contribution in [1.82, 2.24) is 10.6 Å². The van der Waals surface area contributed by atoms with Gasteiger partial charge in [0.25, 0.3) is 11.6 Å². The molecule has 0 aromatic carbocycles. The minimum Gasteiger partial charge on any atom is -0.350 e. The summed E-state index contributed by atoms with van der Waals surface area (Å²) in [6.45, 7) is 3.21. The van der Waals surface area contributed by atoms with E-state index in [4.69, 9.17) is 0 Å². The molecular weight excluding hydrogens is 254 g/mol. The van der Waals surface area contributed by atoms with E-state index in [0.717, 1.165) is 30.7 Å². The van der Waals surface area contributed by atoms with Gasteiger partial charge in [-0.1, -0.05) is 0 Å². The molecule has 0 bridgehead atoms. The van der Waals surface area contributed by atoms with E-state index in [2.05, 4.69) is 10.6 Å². The van der Waals surface area contributed by atoms with Gasteiger partial charge < -0.3 is 10.6 Å². The van der Waals surface area contributed by atoms with Gasteiger partial charge in [-0.25, -0.2) is 0 Å². The molecule has 7 heteroatoms. The number of hydrogen-bond acceptors (Lipinski definition) is 5. The van der Waals surface area contributed by atoms with Gasteiger partial charge in [-0.3, -0.25) is 14.9 Å². The van der Waals surface area contributed by atoms with Gasteiger partial charge >= 0.3 is 0 Å². The lowest BCUT2D eigenvalue weighted by molar-refractivity contribution is -0.385. The first-order valence-corrected chi connectivity index (χ1v) is 6.66. The Morgan fingerprint density at radius 1 is 1.72 bits per heavy atom. The van der Waals surface area contributed by atoms with Crippen LogP contribution in [0.3, 0.4) is 0 Å². The Morgan fingerprint density at radius 2 is 2.50 bits per heavy atom. The highest BCUT2D eigenvalue weighted by molar-refractivity contribution is 7.14. The second-order valence-corrected chi connectivity index (χ2v) is 5.57. The molecular formula is C11H15N3O3S. The van der Waals surface area contributed by atoms with Crippen molar-refractivity contribution in [3.63, 3.8) is 0 Å². The van der Waals surface area contributed by atoms with Crippen LogP contribution in [-0.4, -0.2) is 30.0 Å². The first-order chi connectivity index (χ1) is 8.58. The Hall–Kier alpha value is -1.47. The van der Waals surface area contributed by atoms with Crippen molar-refractivity contribution in [2.24, 2.45) is 0 Å². The SMILES string of the molecule is Cc1sc(C(=O)NCC2CCCN2)cc1[N+](=O)[O-]. The number of carbonyl (C=O) groups excluding carboxylic acids is 1. The van der Waals surface area contributed by atoms with Crippen molar-refractivity contribution in [3.05, 3.63) is 25.9 Å². The fourth-order valence-electron chi connectivity index (χ4n) is 2.00. The smallest absolute Gasteiger partial charge is 0.283 e. The maximum atomic E-state index is 11.8. The molecule has 0 spiro atoms. The van der Waals surface area contributed by atoms with Gasteiger partial charge in [0.2, 0.25) is 0 Å². The van der Waals surface area contributed by atoms with Crippen LogP contribution in [0.4, 0.5) is 5.69 Å². The number of nitrogens with zero attached hydrogens (tertiary/aromatic N) is 1. The lowest BCUT2D eigenvalue weighted by Crippen LogP contribution is -2.36. The van der Waals surface area contributed by atoms with E-state index in [9.17, 15) is 14.9 Å². The molecule has 6 nitrogen and oxygen atoms in total. The van der Waals surface area contributed by atoms with Crippen LogP contribution in [0.25, 0.3) is 0 Å². The first-order valence-electron chi connectivity index (χ1n) is 5.84. The van der Waals surface area contributed by atoms with Crippen LogP contribution >= 0.6 is 11.3 Å². The number of amides is 1. The molecule has 1 aliphatic rings. The molecule has 2 heterocycles. The number of thiophene rings is 1. The second-order valence-electron chi connectivity index (χ2n) is 4.31. The standard InChI is InChI=1S/C11H15N3O3S/c1-7-9(14(16)17)5-10(18-7)11(15)13-6-8-3-2-4-12-8/h5,8,12H,2-4,6H2,1H3,(H,13,15). The van der Waals surface area contributed by atoms with Crippen LogP contribution in [0.1, 0.15) is 27.4 Å². The van der Waals surface area contributed by atoms with Crippen LogP contribution in [0.2, 0.25) is 0 Å². The molecule has 1 aromatic rings. The third kappa shape index (κ3) is 2.85. The summed E-state index contributed by atoms with van der Waals surface area (Å²) in [6.07, 6.45) is 2.19. The molecule has 1 aliphatic heterocycles. The summed E-state index contributed by atoms with van der Waals surface area (Å²) in [5, 5.41) is 16.8. The maximum absolute atomic E-state index is 11.8. The van der Waals surface area contributed by atoms with Crippen molar-refractivity contribution in [2.75, 3.05) is 13.1 Å². The zero-order chi connectivity index (χ0) is 13.1. The molecule has 1 fully saturated rings. The lowest BCUT2D eigenvalue weighted by Gasteiger charge is -2.10. The number of nitro groups is 1.